The summed E-state index contributed by atoms with van der Waals surface area (Å²) in [6.45, 7) is 1.57. The number of hydrogen-bond acceptors (Lipinski definition) is 3. The Bertz CT molecular complexity index is 1210. The third-order valence-corrected chi connectivity index (χ3v) is 6.76. The van der Waals surface area contributed by atoms with Gasteiger partial charge in [-0.15, -0.1) is 0 Å². The molecule has 3 aromatic rings. The van der Waals surface area contributed by atoms with Gasteiger partial charge < -0.3 is 5.32 Å². The Hall–Kier alpha value is -2.57. The van der Waals surface area contributed by atoms with Crippen molar-refractivity contribution in [3.8, 4) is 0 Å². The highest BCUT2D eigenvalue weighted by Crippen LogP contribution is 2.35. The summed E-state index contributed by atoms with van der Waals surface area (Å²) in [7, 11) is -3.70. The van der Waals surface area contributed by atoms with E-state index in [1.54, 1.807) is 25.1 Å². The Labute approximate surface area is 175 Å². The average molecular weight is 429 g/mol. The lowest BCUT2D eigenvalue weighted by Gasteiger charge is -2.28. The Balaban J connectivity index is 1.68. The second-order valence-electron chi connectivity index (χ2n) is 7.32. The molecule has 29 heavy (non-hydrogen) atoms. The first-order valence-corrected chi connectivity index (χ1v) is 11.6. The van der Waals surface area contributed by atoms with Crippen molar-refractivity contribution in [1.29, 1.82) is 0 Å². The van der Waals surface area contributed by atoms with Crippen LogP contribution < -0.4 is 9.62 Å². The summed E-state index contributed by atoms with van der Waals surface area (Å²) >= 11 is 6.03. The van der Waals surface area contributed by atoms with E-state index in [9.17, 15) is 13.2 Å². The van der Waals surface area contributed by atoms with Gasteiger partial charge in [0.15, 0.2) is 0 Å². The number of amides is 1. The summed E-state index contributed by atoms with van der Waals surface area (Å²) in [5.41, 5.74) is 3.59. The van der Waals surface area contributed by atoms with Gasteiger partial charge in [0.2, 0.25) is 15.9 Å². The van der Waals surface area contributed by atoms with Crippen molar-refractivity contribution in [3.05, 3.63) is 70.7 Å². The van der Waals surface area contributed by atoms with E-state index >= 15 is 0 Å². The maximum absolute atomic E-state index is 13.0. The molecule has 4 rings (SSSR count). The fourth-order valence-electron chi connectivity index (χ4n) is 4.02. The molecular weight excluding hydrogens is 408 g/mol. The van der Waals surface area contributed by atoms with Crippen molar-refractivity contribution >= 4 is 49.7 Å². The van der Waals surface area contributed by atoms with Crippen molar-refractivity contribution in [2.75, 3.05) is 15.9 Å². The predicted octanol–water partition coefficient (Wildman–Crippen LogP) is 4.39. The van der Waals surface area contributed by atoms with Crippen LogP contribution in [0.25, 0.3) is 10.8 Å². The summed E-state index contributed by atoms with van der Waals surface area (Å²) in [5, 5.41) is 5.49. The smallest absolute Gasteiger partial charge is 0.248 e. The van der Waals surface area contributed by atoms with Crippen LogP contribution in [0, 0.1) is 0 Å². The van der Waals surface area contributed by atoms with E-state index in [1.165, 1.54) is 22.6 Å². The largest absolute Gasteiger partial charge is 0.324 e. The van der Waals surface area contributed by atoms with Crippen LogP contribution in [0.15, 0.2) is 54.6 Å². The molecule has 1 aliphatic carbocycles. The maximum atomic E-state index is 13.0. The number of benzene rings is 3. The summed E-state index contributed by atoms with van der Waals surface area (Å²) in [6.07, 6.45) is 3.07. The molecule has 3 aromatic carbocycles. The van der Waals surface area contributed by atoms with Gasteiger partial charge in [0, 0.05) is 16.1 Å². The zero-order valence-electron chi connectivity index (χ0n) is 16.1. The highest BCUT2D eigenvalue weighted by molar-refractivity contribution is 7.92. The molecule has 0 bridgehead atoms. The lowest BCUT2D eigenvalue weighted by molar-refractivity contribution is -0.116. The topological polar surface area (TPSA) is 66.5 Å². The average Bonchev–Trinajstić information content (AvgIpc) is 3.08. The zero-order valence-corrected chi connectivity index (χ0v) is 17.7. The van der Waals surface area contributed by atoms with Crippen LogP contribution in [0.5, 0.6) is 0 Å². The number of anilines is 2. The normalized spacial score (nSPS) is 14.0. The van der Waals surface area contributed by atoms with Gasteiger partial charge >= 0.3 is 0 Å². The molecule has 0 fully saturated rings. The fraction of sp³-hybridized carbons (Fsp3) is 0.227. The Morgan fingerprint density at radius 3 is 2.45 bits per heavy atom. The first-order valence-electron chi connectivity index (χ1n) is 9.35. The van der Waals surface area contributed by atoms with Gasteiger partial charge in [0.25, 0.3) is 0 Å². The summed E-state index contributed by atoms with van der Waals surface area (Å²) in [4.78, 5) is 13.0. The number of aryl methyl sites for hydroxylation is 2. The number of nitrogens with zero attached hydrogens (tertiary/aromatic N) is 1. The molecule has 7 heteroatoms. The third-order valence-electron chi connectivity index (χ3n) is 5.29. The lowest BCUT2D eigenvalue weighted by Crippen LogP contribution is -2.45. The van der Waals surface area contributed by atoms with Gasteiger partial charge in [-0.2, -0.15) is 0 Å². The number of rotatable bonds is 5. The molecule has 1 amide bonds. The zero-order chi connectivity index (χ0) is 20.8. The minimum Gasteiger partial charge on any atom is -0.324 e. The van der Waals surface area contributed by atoms with Crippen molar-refractivity contribution in [3.63, 3.8) is 0 Å². The number of sulfonamides is 1. The molecule has 1 atom stereocenters. The second-order valence-corrected chi connectivity index (χ2v) is 9.61. The minimum absolute atomic E-state index is 0.350. The van der Waals surface area contributed by atoms with Gasteiger partial charge in [0.05, 0.1) is 11.9 Å². The molecule has 1 N–H and O–H groups in total. The Kier molecular flexibility index (Phi) is 5.00. The Morgan fingerprint density at radius 1 is 1.07 bits per heavy atom. The summed E-state index contributed by atoms with van der Waals surface area (Å²) in [5.74, 6) is -0.408. The van der Waals surface area contributed by atoms with Crippen LogP contribution in [0.1, 0.15) is 18.1 Å². The number of carbonyl (C=O) groups is 1. The van der Waals surface area contributed by atoms with E-state index in [0.29, 0.717) is 16.4 Å². The highest BCUT2D eigenvalue weighted by Gasteiger charge is 2.30. The molecular formula is C22H21ClN2O3S. The molecule has 0 aromatic heterocycles. The monoisotopic (exact) mass is 428 g/mol. The van der Waals surface area contributed by atoms with Gasteiger partial charge in [-0.05, 0) is 60.5 Å². The minimum atomic E-state index is -3.70. The van der Waals surface area contributed by atoms with Crippen molar-refractivity contribution in [2.24, 2.45) is 0 Å². The standard InChI is InChI=1S/C22H21ClN2O3S/c1-14(25(29(2,27)28)18-7-4-6-17(23)13-18)22(26)24-20-12-11-16-10-9-15-5-3-8-19(20)21(15)16/h3-8,11-14H,9-10H2,1-2H3,(H,24,26). The first kappa shape index (κ1) is 19.7. The molecule has 0 saturated heterocycles. The predicted molar refractivity (Wildman–Crippen MR) is 118 cm³/mol. The highest BCUT2D eigenvalue weighted by atomic mass is 35.5. The quantitative estimate of drug-likeness (QED) is 0.655. The third kappa shape index (κ3) is 3.70. The van der Waals surface area contributed by atoms with E-state index in [1.807, 2.05) is 24.3 Å². The van der Waals surface area contributed by atoms with Crippen molar-refractivity contribution < 1.29 is 13.2 Å². The van der Waals surface area contributed by atoms with Gasteiger partial charge in [-0.1, -0.05) is 41.9 Å². The SMILES string of the molecule is CC(C(=O)Nc1ccc2c3c(cccc13)CC2)N(c1cccc(Cl)c1)S(C)(=O)=O. The van der Waals surface area contributed by atoms with Gasteiger partial charge in [0.1, 0.15) is 6.04 Å². The number of carbonyl (C=O) groups excluding carboxylic acids is 1. The molecule has 0 spiro atoms. The molecule has 1 aliphatic rings. The molecule has 0 saturated carbocycles. The molecule has 0 heterocycles. The molecule has 0 radical (unpaired) electrons. The molecule has 5 nitrogen and oxygen atoms in total. The van der Waals surface area contributed by atoms with E-state index in [2.05, 4.69) is 11.4 Å². The fourth-order valence-corrected chi connectivity index (χ4v) is 5.37. The van der Waals surface area contributed by atoms with Crippen LogP contribution in [-0.2, 0) is 27.7 Å². The molecule has 1 unspecified atom stereocenters. The van der Waals surface area contributed by atoms with Gasteiger partial charge in [-0.25, -0.2) is 8.42 Å². The lowest BCUT2D eigenvalue weighted by atomic mass is 10.0. The number of hydrogen-bond donors (Lipinski definition) is 1. The Morgan fingerprint density at radius 2 is 1.76 bits per heavy atom. The van der Waals surface area contributed by atoms with Crippen LogP contribution >= 0.6 is 11.6 Å². The maximum Gasteiger partial charge on any atom is 0.248 e. The van der Waals surface area contributed by atoms with Crippen LogP contribution in [0.2, 0.25) is 5.02 Å². The van der Waals surface area contributed by atoms with Crippen molar-refractivity contribution in [1.82, 2.24) is 0 Å². The van der Waals surface area contributed by atoms with Crippen LogP contribution in [0.3, 0.4) is 0 Å². The second kappa shape index (κ2) is 7.35. The van der Waals surface area contributed by atoms with Crippen LogP contribution in [-0.4, -0.2) is 26.6 Å². The number of nitrogens with one attached hydrogen (secondary N) is 1. The van der Waals surface area contributed by atoms with Gasteiger partial charge in [-0.3, -0.25) is 9.10 Å². The van der Waals surface area contributed by atoms with E-state index in [0.717, 1.165) is 28.8 Å². The van der Waals surface area contributed by atoms with E-state index < -0.39 is 22.0 Å². The number of halogens is 1. The summed E-state index contributed by atoms with van der Waals surface area (Å²) < 4.78 is 26.0. The summed E-state index contributed by atoms with van der Waals surface area (Å²) in [6, 6.07) is 15.5. The van der Waals surface area contributed by atoms with Crippen molar-refractivity contribution in [2.45, 2.75) is 25.8 Å². The molecule has 0 aliphatic heterocycles. The first-order chi connectivity index (χ1) is 13.8. The van der Waals surface area contributed by atoms with Crippen LogP contribution in [0.4, 0.5) is 11.4 Å². The van der Waals surface area contributed by atoms with E-state index in [-0.39, 0.29) is 0 Å². The van der Waals surface area contributed by atoms with E-state index in [4.69, 9.17) is 11.6 Å². The molecule has 150 valence electrons.